The average Bonchev–Trinajstić information content (AvgIpc) is 2.88. The Kier molecular flexibility index (Phi) is 4.52. The van der Waals surface area contributed by atoms with Crippen molar-refractivity contribution in [3.8, 4) is 0 Å². The lowest BCUT2D eigenvalue weighted by Gasteiger charge is -2.41. The van der Waals surface area contributed by atoms with Crippen LogP contribution in [0.5, 0.6) is 0 Å². The standard InChI is InChI=1S/C17H17BrClN5O/c18-11-3-6-15(21-8-11)22-17(25)24-12-4-5-13(24)10-23(9-12)16-14(19)2-1-7-20-16/h1-3,6-8,12-13H,4-5,9-10H2,(H,21,22,25). The normalized spacial score (nSPS) is 22.2. The number of nitrogens with one attached hydrogen (secondary N) is 1. The Balaban J connectivity index is 1.48. The molecule has 0 spiro atoms. The molecule has 2 bridgehead atoms. The molecule has 0 aromatic carbocycles. The van der Waals surface area contributed by atoms with Crippen molar-refractivity contribution in [2.75, 3.05) is 23.3 Å². The minimum absolute atomic E-state index is 0.0888. The van der Waals surface area contributed by atoms with Crippen LogP contribution in [0, 0.1) is 0 Å². The summed E-state index contributed by atoms with van der Waals surface area (Å²) in [6.45, 7) is 1.49. The molecule has 2 unspecified atom stereocenters. The van der Waals surface area contributed by atoms with Gasteiger partial charge < -0.3 is 9.80 Å². The number of carbonyl (C=O) groups is 1. The Morgan fingerprint density at radius 1 is 1.20 bits per heavy atom. The molecule has 130 valence electrons. The van der Waals surface area contributed by atoms with Crippen LogP contribution in [0.2, 0.25) is 5.02 Å². The van der Waals surface area contributed by atoms with Gasteiger partial charge in [0.2, 0.25) is 0 Å². The van der Waals surface area contributed by atoms with Gasteiger partial charge in [0.15, 0.2) is 0 Å². The second kappa shape index (κ2) is 6.80. The van der Waals surface area contributed by atoms with Gasteiger partial charge >= 0.3 is 6.03 Å². The highest BCUT2D eigenvalue weighted by atomic mass is 79.9. The van der Waals surface area contributed by atoms with Gasteiger partial charge in [0.25, 0.3) is 0 Å². The van der Waals surface area contributed by atoms with Gasteiger partial charge in [0.1, 0.15) is 11.6 Å². The van der Waals surface area contributed by atoms with E-state index in [2.05, 4.69) is 36.1 Å². The Morgan fingerprint density at radius 3 is 2.60 bits per heavy atom. The smallest absolute Gasteiger partial charge is 0.323 e. The summed E-state index contributed by atoms with van der Waals surface area (Å²) in [5.74, 6) is 1.36. The molecule has 0 saturated carbocycles. The van der Waals surface area contributed by atoms with Crippen molar-refractivity contribution in [3.05, 3.63) is 46.2 Å². The van der Waals surface area contributed by atoms with E-state index in [0.29, 0.717) is 10.8 Å². The van der Waals surface area contributed by atoms with Gasteiger partial charge in [-0.1, -0.05) is 11.6 Å². The second-order valence-electron chi connectivity index (χ2n) is 6.30. The van der Waals surface area contributed by atoms with Crippen molar-refractivity contribution < 1.29 is 4.79 Å². The number of pyridine rings is 2. The molecule has 2 aromatic rings. The fourth-order valence-corrected chi connectivity index (χ4v) is 4.12. The first-order chi connectivity index (χ1) is 12.1. The van der Waals surface area contributed by atoms with Crippen LogP contribution in [0.4, 0.5) is 16.4 Å². The zero-order valence-corrected chi connectivity index (χ0v) is 15.7. The number of anilines is 2. The Morgan fingerprint density at radius 2 is 1.96 bits per heavy atom. The van der Waals surface area contributed by atoms with Gasteiger partial charge in [0.05, 0.1) is 17.1 Å². The van der Waals surface area contributed by atoms with E-state index in [9.17, 15) is 4.79 Å². The second-order valence-corrected chi connectivity index (χ2v) is 7.62. The summed E-state index contributed by atoms with van der Waals surface area (Å²) in [5, 5.41) is 3.55. The zero-order valence-electron chi connectivity index (χ0n) is 13.4. The molecule has 2 saturated heterocycles. The maximum absolute atomic E-state index is 12.7. The number of halogens is 2. The van der Waals surface area contributed by atoms with Crippen molar-refractivity contribution >= 4 is 45.2 Å². The highest BCUT2D eigenvalue weighted by Gasteiger charge is 2.43. The minimum Gasteiger partial charge on any atom is -0.351 e. The van der Waals surface area contributed by atoms with Crippen LogP contribution in [0.3, 0.4) is 0 Å². The first-order valence-corrected chi connectivity index (χ1v) is 9.35. The van der Waals surface area contributed by atoms with E-state index in [-0.39, 0.29) is 18.1 Å². The Bertz CT molecular complexity index is 773. The molecule has 0 radical (unpaired) electrons. The predicted octanol–water partition coefficient (Wildman–Crippen LogP) is 3.78. The quantitative estimate of drug-likeness (QED) is 0.800. The third-order valence-corrected chi connectivity index (χ3v) is 5.48. The third-order valence-electron chi connectivity index (χ3n) is 4.72. The number of aromatic nitrogens is 2. The first kappa shape index (κ1) is 16.6. The SMILES string of the molecule is O=C(Nc1ccc(Br)cn1)N1C2CCC1CN(c1ncccc1Cl)C2. The largest absolute Gasteiger partial charge is 0.351 e. The molecule has 0 aliphatic carbocycles. The monoisotopic (exact) mass is 421 g/mol. The number of fused-ring (bicyclic) bond motifs is 2. The van der Waals surface area contributed by atoms with Crippen LogP contribution in [-0.2, 0) is 0 Å². The van der Waals surface area contributed by atoms with Gasteiger partial charge in [-0.15, -0.1) is 0 Å². The number of hydrogen-bond acceptors (Lipinski definition) is 4. The molecule has 6 nitrogen and oxygen atoms in total. The van der Waals surface area contributed by atoms with Crippen LogP contribution >= 0.6 is 27.5 Å². The highest BCUT2D eigenvalue weighted by molar-refractivity contribution is 9.10. The summed E-state index contributed by atoms with van der Waals surface area (Å²) in [5.41, 5.74) is 0. The van der Waals surface area contributed by atoms with Gasteiger partial charge in [-0.3, -0.25) is 5.32 Å². The van der Waals surface area contributed by atoms with E-state index >= 15 is 0 Å². The van der Waals surface area contributed by atoms with Gasteiger partial charge in [0, 0.05) is 30.0 Å². The first-order valence-electron chi connectivity index (χ1n) is 8.18. The molecule has 2 aliphatic heterocycles. The van der Waals surface area contributed by atoms with Crippen molar-refractivity contribution in [1.29, 1.82) is 0 Å². The van der Waals surface area contributed by atoms with Crippen LogP contribution in [0.15, 0.2) is 41.1 Å². The topological polar surface area (TPSA) is 61.4 Å². The third kappa shape index (κ3) is 3.30. The molecule has 25 heavy (non-hydrogen) atoms. The molecule has 2 aromatic heterocycles. The molecule has 4 rings (SSSR count). The summed E-state index contributed by atoms with van der Waals surface area (Å²) >= 11 is 9.63. The predicted molar refractivity (Wildman–Crippen MR) is 101 cm³/mol. The van der Waals surface area contributed by atoms with Crippen molar-refractivity contribution in [2.24, 2.45) is 0 Å². The molecule has 2 atom stereocenters. The van der Waals surface area contributed by atoms with Gasteiger partial charge in [-0.05, 0) is 53.0 Å². The van der Waals surface area contributed by atoms with E-state index < -0.39 is 0 Å². The summed E-state index contributed by atoms with van der Waals surface area (Å²) in [7, 11) is 0. The van der Waals surface area contributed by atoms with E-state index in [1.165, 1.54) is 0 Å². The van der Waals surface area contributed by atoms with Crippen LogP contribution < -0.4 is 10.2 Å². The van der Waals surface area contributed by atoms with E-state index in [1.807, 2.05) is 23.1 Å². The molecular weight excluding hydrogens is 406 g/mol. The Hall–Kier alpha value is -1.86. The molecule has 8 heteroatoms. The van der Waals surface area contributed by atoms with Crippen molar-refractivity contribution in [3.63, 3.8) is 0 Å². The molecule has 1 N–H and O–H groups in total. The highest BCUT2D eigenvalue weighted by Crippen LogP contribution is 2.34. The maximum atomic E-state index is 12.7. The van der Waals surface area contributed by atoms with E-state index in [1.54, 1.807) is 18.5 Å². The summed E-state index contributed by atoms with van der Waals surface area (Å²) in [6.07, 6.45) is 5.41. The number of piperazine rings is 1. The molecule has 2 aliphatic rings. The fourth-order valence-electron chi connectivity index (χ4n) is 3.64. The average molecular weight is 423 g/mol. The lowest BCUT2D eigenvalue weighted by Crippen LogP contribution is -2.57. The summed E-state index contributed by atoms with van der Waals surface area (Å²) in [4.78, 5) is 25.5. The van der Waals surface area contributed by atoms with Crippen LogP contribution in [0.25, 0.3) is 0 Å². The molecule has 4 heterocycles. The molecular formula is C17H17BrClN5O. The number of urea groups is 1. The number of rotatable bonds is 2. The van der Waals surface area contributed by atoms with Gasteiger partial charge in [-0.2, -0.15) is 0 Å². The number of nitrogens with zero attached hydrogens (tertiary/aromatic N) is 4. The molecule has 2 fully saturated rings. The Labute approximate surface area is 159 Å². The van der Waals surface area contributed by atoms with E-state index in [0.717, 1.165) is 36.2 Å². The van der Waals surface area contributed by atoms with Crippen molar-refractivity contribution in [2.45, 2.75) is 24.9 Å². The summed E-state index contributed by atoms with van der Waals surface area (Å²) < 4.78 is 0.881. The van der Waals surface area contributed by atoms with Crippen LogP contribution in [0.1, 0.15) is 12.8 Å². The number of carbonyl (C=O) groups excluding carboxylic acids is 1. The number of amides is 2. The van der Waals surface area contributed by atoms with Crippen LogP contribution in [-0.4, -0.2) is 46.1 Å². The summed E-state index contributed by atoms with van der Waals surface area (Å²) in [6, 6.07) is 7.56. The zero-order chi connectivity index (χ0) is 17.4. The van der Waals surface area contributed by atoms with Crippen molar-refractivity contribution in [1.82, 2.24) is 14.9 Å². The number of hydrogen-bond donors (Lipinski definition) is 1. The minimum atomic E-state index is -0.0888. The maximum Gasteiger partial charge on any atom is 0.323 e. The lowest BCUT2D eigenvalue weighted by molar-refractivity contribution is 0.175. The van der Waals surface area contributed by atoms with E-state index in [4.69, 9.17) is 11.6 Å². The lowest BCUT2D eigenvalue weighted by atomic mass is 10.2. The fraction of sp³-hybridized carbons (Fsp3) is 0.353. The molecule has 2 amide bonds. The van der Waals surface area contributed by atoms with Gasteiger partial charge in [-0.25, -0.2) is 14.8 Å².